The molecule has 1 aromatic rings. The molecule has 104 valence electrons. The second-order valence-corrected chi connectivity index (χ2v) is 3.19. The number of nitrogens with zero attached hydrogens (tertiary/aromatic N) is 1. The van der Waals surface area contributed by atoms with E-state index >= 15 is 0 Å². The number of carbonyl (C=O) groups is 1. The zero-order chi connectivity index (χ0) is 14.3. The van der Waals surface area contributed by atoms with Crippen molar-refractivity contribution in [1.29, 1.82) is 0 Å². The molecule has 0 saturated carbocycles. The minimum atomic E-state index is -2.95. The standard InChI is InChI=1S/C11H11F2NO5/c1-17-9-4-7(5-14-18-6-10(15)16)2-3-8(9)19-11(12)13/h2-5,11H,6H2,1H3,(H,15,16). The summed E-state index contributed by atoms with van der Waals surface area (Å²) in [6, 6.07) is 4.11. The highest BCUT2D eigenvalue weighted by Crippen LogP contribution is 2.28. The van der Waals surface area contributed by atoms with Crippen LogP contribution in [-0.2, 0) is 9.63 Å². The number of rotatable bonds is 7. The van der Waals surface area contributed by atoms with Crippen LogP contribution in [0.4, 0.5) is 8.78 Å². The van der Waals surface area contributed by atoms with Gasteiger partial charge in [-0.05, 0) is 18.2 Å². The molecule has 19 heavy (non-hydrogen) atoms. The van der Waals surface area contributed by atoms with Gasteiger partial charge in [0.1, 0.15) is 0 Å². The Morgan fingerprint density at radius 2 is 2.21 bits per heavy atom. The largest absolute Gasteiger partial charge is 0.493 e. The Balaban J connectivity index is 2.73. The maximum Gasteiger partial charge on any atom is 0.387 e. The van der Waals surface area contributed by atoms with Gasteiger partial charge >= 0.3 is 12.6 Å². The van der Waals surface area contributed by atoms with Crippen molar-refractivity contribution in [1.82, 2.24) is 0 Å². The molecule has 0 aliphatic carbocycles. The Labute approximate surface area is 107 Å². The van der Waals surface area contributed by atoms with E-state index in [1.165, 1.54) is 31.5 Å². The van der Waals surface area contributed by atoms with Crippen LogP contribution >= 0.6 is 0 Å². The van der Waals surface area contributed by atoms with Gasteiger partial charge < -0.3 is 19.4 Å². The van der Waals surface area contributed by atoms with Gasteiger partial charge in [0.05, 0.1) is 13.3 Å². The highest BCUT2D eigenvalue weighted by atomic mass is 19.3. The number of carboxylic acids is 1. The van der Waals surface area contributed by atoms with Crippen molar-refractivity contribution in [3.63, 3.8) is 0 Å². The van der Waals surface area contributed by atoms with Crippen molar-refractivity contribution >= 4 is 12.2 Å². The van der Waals surface area contributed by atoms with Gasteiger partial charge in [-0.2, -0.15) is 8.78 Å². The fourth-order valence-corrected chi connectivity index (χ4v) is 1.15. The molecule has 0 bridgehead atoms. The van der Waals surface area contributed by atoms with Crippen LogP contribution in [0.2, 0.25) is 0 Å². The van der Waals surface area contributed by atoms with Crippen molar-refractivity contribution in [3.05, 3.63) is 23.8 Å². The molecule has 1 rings (SSSR count). The molecule has 0 spiro atoms. The van der Waals surface area contributed by atoms with E-state index in [0.717, 1.165) is 0 Å². The summed E-state index contributed by atoms with van der Waals surface area (Å²) in [5.41, 5.74) is 0.476. The SMILES string of the molecule is COc1cc(C=NOCC(=O)O)ccc1OC(F)F. The summed E-state index contributed by atoms with van der Waals surface area (Å²) in [4.78, 5) is 14.6. The van der Waals surface area contributed by atoms with Crippen LogP contribution in [0.15, 0.2) is 23.4 Å². The van der Waals surface area contributed by atoms with Gasteiger partial charge in [0.15, 0.2) is 11.5 Å². The predicted octanol–water partition coefficient (Wildman–Crippen LogP) is 1.73. The third-order valence-corrected chi connectivity index (χ3v) is 1.87. The first-order chi connectivity index (χ1) is 9.02. The number of halogens is 2. The molecular weight excluding hydrogens is 264 g/mol. The highest BCUT2D eigenvalue weighted by Gasteiger charge is 2.10. The zero-order valence-electron chi connectivity index (χ0n) is 9.88. The first-order valence-electron chi connectivity index (χ1n) is 5.03. The molecule has 0 unspecified atom stereocenters. The average Bonchev–Trinajstić information content (AvgIpc) is 2.35. The smallest absolute Gasteiger partial charge is 0.387 e. The monoisotopic (exact) mass is 275 g/mol. The lowest BCUT2D eigenvalue weighted by Gasteiger charge is -2.09. The van der Waals surface area contributed by atoms with Crippen LogP contribution in [0.3, 0.4) is 0 Å². The van der Waals surface area contributed by atoms with Crippen molar-refractivity contribution in [2.75, 3.05) is 13.7 Å². The molecule has 0 saturated heterocycles. The molecule has 6 nitrogen and oxygen atoms in total. The molecule has 8 heteroatoms. The third-order valence-electron chi connectivity index (χ3n) is 1.87. The summed E-state index contributed by atoms with van der Waals surface area (Å²) in [5.74, 6) is -1.17. The van der Waals surface area contributed by atoms with Crippen LogP contribution < -0.4 is 9.47 Å². The molecule has 0 radical (unpaired) electrons. The number of ether oxygens (including phenoxy) is 2. The number of methoxy groups -OCH3 is 1. The molecule has 0 fully saturated rings. The van der Waals surface area contributed by atoms with Gasteiger partial charge in [0.25, 0.3) is 0 Å². The van der Waals surface area contributed by atoms with Gasteiger partial charge in [-0.25, -0.2) is 4.79 Å². The number of benzene rings is 1. The zero-order valence-corrected chi connectivity index (χ0v) is 9.88. The van der Waals surface area contributed by atoms with Crippen LogP contribution in [0.25, 0.3) is 0 Å². The van der Waals surface area contributed by atoms with Gasteiger partial charge in [-0.1, -0.05) is 5.16 Å². The number of hydrogen-bond acceptors (Lipinski definition) is 5. The second kappa shape index (κ2) is 7.14. The van der Waals surface area contributed by atoms with Crippen LogP contribution in [0.5, 0.6) is 11.5 Å². The number of oxime groups is 1. The van der Waals surface area contributed by atoms with E-state index in [2.05, 4.69) is 14.7 Å². The fraction of sp³-hybridized carbons (Fsp3) is 0.273. The summed E-state index contributed by atoms with van der Waals surface area (Å²) in [7, 11) is 1.30. The summed E-state index contributed by atoms with van der Waals surface area (Å²) >= 11 is 0. The lowest BCUT2D eigenvalue weighted by molar-refractivity contribution is -0.142. The van der Waals surface area contributed by atoms with Crippen LogP contribution in [0, 0.1) is 0 Å². The molecule has 0 aromatic heterocycles. The average molecular weight is 275 g/mol. The minimum Gasteiger partial charge on any atom is -0.493 e. The molecule has 0 amide bonds. The lowest BCUT2D eigenvalue weighted by atomic mass is 10.2. The molecular formula is C11H11F2NO5. The maximum absolute atomic E-state index is 12.1. The van der Waals surface area contributed by atoms with E-state index in [4.69, 9.17) is 9.84 Å². The molecule has 1 aromatic carbocycles. The molecule has 0 atom stereocenters. The van der Waals surface area contributed by atoms with E-state index in [-0.39, 0.29) is 11.5 Å². The summed E-state index contributed by atoms with van der Waals surface area (Å²) < 4.78 is 33.3. The number of alkyl halides is 2. The normalized spacial score (nSPS) is 10.7. The van der Waals surface area contributed by atoms with Gasteiger partial charge in [0.2, 0.25) is 6.61 Å². The molecule has 0 aliphatic heterocycles. The van der Waals surface area contributed by atoms with Crippen molar-refractivity contribution in [2.45, 2.75) is 6.61 Å². The minimum absolute atomic E-state index is 0.0995. The summed E-state index contributed by atoms with van der Waals surface area (Å²) in [6.07, 6.45) is 1.22. The Morgan fingerprint density at radius 1 is 1.47 bits per heavy atom. The number of aliphatic carboxylic acids is 1. The molecule has 0 heterocycles. The van der Waals surface area contributed by atoms with Gasteiger partial charge in [0, 0.05) is 5.56 Å². The van der Waals surface area contributed by atoms with E-state index in [9.17, 15) is 13.6 Å². The molecule has 0 aliphatic rings. The van der Waals surface area contributed by atoms with E-state index < -0.39 is 19.2 Å². The summed E-state index contributed by atoms with van der Waals surface area (Å²) in [6.45, 7) is -3.52. The van der Waals surface area contributed by atoms with E-state index in [0.29, 0.717) is 5.56 Å². The van der Waals surface area contributed by atoms with Crippen molar-refractivity contribution in [2.24, 2.45) is 5.16 Å². The van der Waals surface area contributed by atoms with Gasteiger partial charge in [-0.15, -0.1) is 0 Å². The Kier molecular flexibility index (Phi) is 5.52. The number of carboxylic acid groups (broad SMARTS) is 1. The fourth-order valence-electron chi connectivity index (χ4n) is 1.15. The van der Waals surface area contributed by atoms with E-state index in [1.54, 1.807) is 0 Å². The summed E-state index contributed by atoms with van der Waals surface area (Å²) in [5, 5.41) is 11.7. The van der Waals surface area contributed by atoms with E-state index in [1.807, 2.05) is 0 Å². The second-order valence-electron chi connectivity index (χ2n) is 3.19. The third kappa shape index (κ3) is 5.19. The Hall–Kier alpha value is -2.38. The first-order valence-corrected chi connectivity index (χ1v) is 5.03. The predicted molar refractivity (Wildman–Crippen MR) is 60.8 cm³/mol. The topological polar surface area (TPSA) is 77.4 Å². The quantitative estimate of drug-likeness (QED) is 0.605. The lowest BCUT2D eigenvalue weighted by Crippen LogP contribution is -2.04. The maximum atomic E-state index is 12.1. The van der Waals surface area contributed by atoms with Crippen LogP contribution in [-0.4, -0.2) is 37.6 Å². The first kappa shape index (κ1) is 14.7. The Morgan fingerprint density at radius 3 is 2.79 bits per heavy atom. The van der Waals surface area contributed by atoms with Gasteiger partial charge in [-0.3, -0.25) is 0 Å². The molecule has 1 N–H and O–H groups in total. The van der Waals surface area contributed by atoms with Crippen molar-refractivity contribution in [3.8, 4) is 11.5 Å². The Bertz CT molecular complexity index is 464. The highest BCUT2D eigenvalue weighted by molar-refractivity contribution is 5.80. The van der Waals surface area contributed by atoms with Crippen molar-refractivity contribution < 1.29 is 33.0 Å². The number of hydrogen-bond donors (Lipinski definition) is 1. The van der Waals surface area contributed by atoms with Crippen LogP contribution in [0.1, 0.15) is 5.56 Å².